The number of hydrogen-bond donors (Lipinski definition) is 1. The summed E-state index contributed by atoms with van der Waals surface area (Å²) in [6.45, 7) is 5.28. The van der Waals surface area contributed by atoms with E-state index in [1.54, 1.807) is 0 Å². The molecular formula is C18H28N2O. The summed E-state index contributed by atoms with van der Waals surface area (Å²) in [6.07, 6.45) is 4.94. The molecular weight excluding hydrogens is 260 g/mol. The summed E-state index contributed by atoms with van der Waals surface area (Å²) in [7, 11) is 2.23. The number of benzene rings is 1. The Kier molecular flexibility index (Phi) is 4.94. The van der Waals surface area contributed by atoms with Gasteiger partial charge in [0.05, 0.1) is 6.61 Å². The van der Waals surface area contributed by atoms with E-state index in [9.17, 15) is 0 Å². The van der Waals surface area contributed by atoms with E-state index >= 15 is 0 Å². The van der Waals surface area contributed by atoms with Crippen LogP contribution < -0.4 is 5.32 Å². The third kappa shape index (κ3) is 3.65. The first-order chi connectivity index (χ1) is 10.3. The molecule has 2 aliphatic heterocycles. The number of hydrogen-bond acceptors (Lipinski definition) is 3. The second-order valence-electron chi connectivity index (χ2n) is 6.74. The maximum Gasteiger partial charge on any atom is 0.0619 e. The van der Waals surface area contributed by atoms with Crippen LogP contribution in [0.5, 0.6) is 0 Å². The van der Waals surface area contributed by atoms with Gasteiger partial charge in [-0.3, -0.25) is 0 Å². The summed E-state index contributed by atoms with van der Waals surface area (Å²) in [4.78, 5) is 2.45. The fraction of sp³-hybridized carbons (Fsp3) is 0.667. The summed E-state index contributed by atoms with van der Waals surface area (Å²) >= 11 is 0. The number of nitrogens with zero attached hydrogens (tertiary/aromatic N) is 1. The highest BCUT2D eigenvalue weighted by Crippen LogP contribution is 2.34. The molecule has 0 saturated carbocycles. The van der Waals surface area contributed by atoms with Crippen molar-refractivity contribution in [2.45, 2.75) is 37.1 Å². The number of likely N-dealkylation sites (tertiary alicyclic amines) is 1. The van der Waals surface area contributed by atoms with Gasteiger partial charge in [0, 0.05) is 24.6 Å². The van der Waals surface area contributed by atoms with Gasteiger partial charge in [0.25, 0.3) is 0 Å². The third-order valence-electron chi connectivity index (χ3n) is 5.22. The SMILES string of the molecule is CN1CCC(CN[C@H]2CCCOC2)(c2ccccc2)CC1. The molecule has 0 radical (unpaired) electrons. The van der Waals surface area contributed by atoms with Crippen LogP contribution in [0.15, 0.2) is 30.3 Å². The normalized spacial score (nSPS) is 26.6. The van der Waals surface area contributed by atoms with Crippen molar-refractivity contribution in [2.75, 3.05) is 39.9 Å². The van der Waals surface area contributed by atoms with Gasteiger partial charge in [-0.1, -0.05) is 30.3 Å². The Hall–Kier alpha value is -0.900. The highest BCUT2D eigenvalue weighted by Gasteiger charge is 2.35. The minimum absolute atomic E-state index is 0.297. The van der Waals surface area contributed by atoms with Gasteiger partial charge in [-0.25, -0.2) is 0 Å². The molecule has 116 valence electrons. The maximum atomic E-state index is 5.61. The van der Waals surface area contributed by atoms with Crippen molar-refractivity contribution in [3.8, 4) is 0 Å². The van der Waals surface area contributed by atoms with Gasteiger partial charge in [-0.2, -0.15) is 0 Å². The Bertz CT molecular complexity index is 420. The smallest absolute Gasteiger partial charge is 0.0619 e. The standard InChI is InChI=1S/C18H28N2O/c1-20-11-9-18(10-12-20,16-6-3-2-4-7-16)15-19-17-8-5-13-21-14-17/h2-4,6-7,17,19H,5,8-15H2,1H3/t17-/m0/s1. The van der Waals surface area contributed by atoms with E-state index in [-0.39, 0.29) is 0 Å². The highest BCUT2D eigenvalue weighted by atomic mass is 16.5. The molecule has 2 aliphatic rings. The monoisotopic (exact) mass is 288 g/mol. The lowest BCUT2D eigenvalue weighted by molar-refractivity contribution is 0.0656. The van der Waals surface area contributed by atoms with E-state index in [1.165, 1.54) is 44.3 Å². The summed E-state index contributed by atoms with van der Waals surface area (Å²) < 4.78 is 5.61. The predicted molar refractivity (Wildman–Crippen MR) is 86.7 cm³/mol. The number of nitrogens with one attached hydrogen (secondary N) is 1. The summed E-state index contributed by atoms with van der Waals surface area (Å²) in [6, 6.07) is 11.6. The maximum absolute atomic E-state index is 5.61. The first kappa shape index (κ1) is 15.0. The molecule has 1 N–H and O–H groups in total. The van der Waals surface area contributed by atoms with Crippen LogP contribution in [-0.2, 0) is 10.2 Å². The zero-order valence-electron chi connectivity index (χ0n) is 13.2. The quantitative estimate of drug-likeness (QED) is 0.921. The minimum atomic E-state index is 0.297. The van der Waals surface area contributed by atoms with Crippen LogP contribution >= 0.6 is 0 Å². The molecule has 0 spiro atoms. The average molecular weight is 288 g/mol. The van der Waals surface area contributed by atoms with Crippen molar-refractivity contribution in [3.63, 3.8) is 0 Å². The summed E-state index contributed by atoms with van der Waals surface area (Å²) in [5.41, 5.74) is 1.80. The zero-order chi connectivity index (χ0) is 14.5. The predicted octanol–water partition coefficient (Wildman–Crippen LogP) is 2.42. The van der Waals surface area contributed by atoms with Crippen molar-refractivity contribution >= 4 is 0 Å². The molecule has 1 aromatic carbocycles. The van der Waals surface area contributed by atoms with Crippen molar-refractivity contribution in [1.82, 2.24) is 10.2 Å². The molecule has 3 heteroatoms. The van der Waals surface area contributed by atoms with Crippen LogP contribution in [0.25, 0.3) is 0 Å². The lowest BCUT2D eigenvalue weighted by Gasteiger charge is -2.42. The second-order valence-corrected chi connectivity index (χ2v) is 6.74. The van der Waals surface area contributed by atoms with E-state index in [2.05, 4.69) is 47.6 Å². The lowest BCUT2D eigenvalue weighted by Crippen LogP contribution is -2.50. The average Bonchev–Trinajstić information content (AvgIpc) is 2.57. The molecule has 0 bridgehead atoms. The highest BCUT2D eigenvalue weighted by molar-refractivity contribution is 5.27. The molecule has 0 unspecified atom stereocenters. The summed E-state index contributed by atoms with van der Waals surface area (Å²) in [5.74, 6) is 0. The first-order valence-electron chi connectivity index (χ1n) is 8.34. The molecule has 21 heavy (non-hydrogen) atoms. The van der Waals surface area contributed by atoms with E-state index in [0.29, 0.717) is 11.5 Å². The second kappa shape index (κ2) is 6.91. The van der Waals surface area contributed by atoms with Gasteiger partial charge >= 0.3 is 0 Å². The molecule has 2 saturated heterocycles. The van der Waals surface area contributed by atoms with E-state index in [4.69, 9.17) is 4.74 Å². The Morgan fingerprint density at radius 1 is 1.24 bits per heavy atom. The molecule has 1 aromatic rings. The molecule has 3 rings (SSSR count). The lowest BCUT2D eigenvalue weighted by atomic mass is 9.72. The summed E-state index contributed by atoms with van der Waals surface area (Å²) in [5, 5.41) is 3.80. The van der Waals surface area contributed by atoms with Crippen LogP contribution in [0.4, 0.5) is 0 Å². The van der Waals surface area contributed by atoms with Crippen molar-refractivity contribution < 1.29 is 4.74 Å². The number of rotatable bonds is 4. The molecule has 0 aliphatic carbocycles. The zero-order valence-corrected chi connectivity index (χ0v) is 13.2. The van der Waals surface area contributed by atoms with Gasteiger partial charge in [-0.05, 0) is 51.4 Å². The van der Waals surface area contributed by atoms with E-state index in [0.717, 1.165) is 19.8 Å². The van der Waals surface area contributed by atoms with Gasteiger partial charge < -0.3 is 15.0 Å². The van der Waals surface area contributed by atoms with E-state index in [1.807, 2.05) is 0 Å². The van der Waals surface area contributed by atoms with E-state index < -0.39 is 0 Å². The van der Waals surface area contributed by atoms with Crippen molar-refractivity contribution in [2.24, 2.45) is 0 Å². The van der Waals surface area contributed by atoms with Crippen LogP contribution in [-0.4, -0.2) is 50.8 Å². The Balaban J connectivity index is 1.70. The van der Waals surface area contributed by atoms with Crippen molar-refractivity contribution in [1.29, 1.82) is 0 Å². The van der Waals surface area contributed by atoms with Crippen LogP contribution in [0.3, 0.4) is 0 Å². The topological polar surface area (TPSA) is 24.5 Å². The Labute approximate surface area is 128 Å². The van der Waals surface area contributed by atoms with Gasteiger partial charge in [0.2, 0.25) is 0 Å². The molecule has 3 nitrogen and oxygen atoms in total. The fourth-order valence-electron chi connectivity index (χ4n) is 3.65. The molecule has 0 amide bonds. The number of piperidine rings is 1. The first-order valence-corrected chi connectivity index (χ1v) is 8.34. The van der Waals surface area contributed by atoms with Crippen LogP contribution in [0.2, 0.25) is 0 Å². The van der Waals surface area contributed by atoms with Gasteiger partial charge in [0.1, 0.15) is 0 Å². The Morgan fingerprint density at radius 2 is 2.00 bits per heavy atom. The molecule has 1 atom stereocenters. The molecule has 2 fully saturated rings. The van der Waals surface area contributed by atoms with Gasteiger partial charge in [-0.15, -0.1) is 0 Å². The third-order valence-corrected chi connectivity index (χ3v) is 5.22. The fourth-order valence-corrected chi connectivity index (χ4v) is 3.65. The van der Waals surface area contributed by atoms with Crippen LogP contribution in [0, 0.1) is 0 Å². The largest absolute Gasteiger partial charge is 0.380 e. The number of ether oxygens (including phenoxy) is 1. The Morgan fingerprint density at radius 3 is 2.67 bits per heavy atom. The van der Waals surface area contributed by atoms with Crippen LogP contribution in [0.1, 0.15) is 31.2 Å². The molecule has 2 heterocycles. The van der Waals surface area contributed by atoms with Crippen molar-refractivity contribution in [3.05, 3.63) is 35.9 Å². The minimum Gasteiger partial charge on any atom is -0.380 e. The molecule has 0 aromatic heterocycles. The van der Waals surface area contributed by atoms with Gasteiger partial charge in [0.15, 0.2) is 0 Å².